The second-order valence-electron chi connectivity index (χ2n) is 14.3. The van der Waals surface area contributed by atoms with Crippen LogP contribution >= 0.6 is 0 Å². The Hall–Kier alpha value is -4.78. The van der Waals surface area contributed by atoms with Gasteiger partial charge in [0.25, 0.3) is 0 Å². The van der Waals surface area contributed by atoms with E-state index in [0.29, 0.717) is 24.7 Å². The zero-order valence-corrected chi connectivity index (χ0v) is 30.0. The number of sulfonamides is 1. The molecule has 282 valence electrons. The molecule has 0 radical (unpaired) electrons. The van der Waals surface area contributed by atoms with E-state index in [1.54, 1.807) is 24.8 Å². The average molecular weight is 755 g/mol. The smallest absolute Gasteiger partial charge is 0.345 e. The SMILES string of the molecule is CC[C@@H]1CN(C(=O)NCC(F)(F)F)CC1c1cnc2cnc3[nH]ccc3n12.CC[C@@H]1C[C@H](NS(=O)(=O)C2CC2)CC1c1nnc2cnc3[nH]ccc3n12. The number of nitrogens with zero attached hydrogens (tertiary/aromatic N) is 8. The molecule has 2 aliphatic carbocycles. The second kappa shape index (κ2) is 13.6. The molecule has 2 saturated carbocycles. The summed E-state index contributed by atoms with van der Waals surface area (Å²) in [5.74, 6) is 1.61. The van der Waals surface area contributed by atoms with Crippen molar-refractivity contribution in [1.29, 1.82) is 0 Å². The summed E-state index contributed by atoms with van der Waals surface area (Å²) in [6.07, 6.45) is 9.38. The van der Waals surface area contributed by atoms with E-state index in [0.717, 1.165) is 78.0 Å². The van der Waals surface area contributed by atoms with Gasteiger partial charge in [-0.05, 0) is 49.7 Å². The molecule has 6 aromatic heterocycles. The predicted molar refractivity (Wildman–Crippen MR) is 190 cm³/mol. The quantitative estimate of drug-likeness (QED) is 0.170. The average Bonchev–Trinajstić information content (AvgIpc) is 3.74. The number of likely N-dealkylation sites (tertiary alicyclic amines) is 1. The van der Waals surface area contributed by atoms with Crippen LogP contribution in [0.25, 0.3) is 33.6 Å². The first kappa shape index (κ1) is 35.3. The number of rotatable bonds is 8. The number of H-pyrrole nitrogens is 2. The molecule has 9 rings (SSSR count). The van der Waals surface area contributed by atoms with Crippen LogP contribution in [0, 0.1) is 11.8 Å². The van der Waals surface area contributed by atoms with Crippen molar-refractivity contribution in [3.8, 4) is 0 Å². The summed E-state index contributed by atoms with van der Waals surface area (Å²) in [5, 5.41) is 10.5. The molecule has 2 unspecified atom stereocenters. The third-order valence-electron chi connectivity index (χ3n) is 11.0. The van der Waals surface area contributed by atoms with Gasteiger partial charge in [0.1, 0.15) is 12.4 Å². The lowest BCUT2D eigenvalue weighted by Gasteiger charge is -2.18. The third-order valence-corrected chi connectivity index (χ3v) is 13.0. The van der Waals surface area contributed by atoms with Crippen molar-refractivity contribution < 1.29 is 26.4 Å². The maximum absolute atomic E-state index is 12.4. The molecule has 0 spiro atoms. The number of hydrogen-bond acceptors (Lipinski definition) is 8. The second-order valence-corrected chi connectivity index (χ2v) is 16.3. The van der Waals surface area contributed by atoms with Crippen molar-refractivity contribution in [3.63, 3.8) is 0 Å². The maximum Gasteiger partial charge on any atom is 0.405 e. The number of hydrogen-bond donors (Lipinski definition) is 4. The zero-order valence-electron chi connectivity index (χ0n) is 29.2. The number of aromatic nitrogens is 9. The fraction of sp³-hybridized carbons (Fsp3) is 0.529. The Labute approximate surface area is 302 Å². The van der Waals surface area contributed by atoms with Crippen molar-refractivity contribution in [2.45, 2.75) is 81.7 Å². The summed E-state index contributed by atoms with van der Waals surface area (Å²) < 4.78 is 68.8. The highest BCUT2D eigenvalue weighted by Gasteiger charge is 2.43. The molecular weight excluding hydrogens is 714 g/mol. The summed E-state index contributed by atoms with van der Waals surface area (Å²) >= 11 is 0. The van der Waals surface area contributed by atoms with E-state index in [-0.39, 0.29) is 29.0 Å². The molecule has 7 heterocycles. The summed E-state index contributed by atoms with van der Waals surface area (Å²) in [5.41, 5.74) is 5.74. The van der Waals surface area contributed by atoms with Crippen LogP contribution in [0.5, 0.6) is 0 Å². The lowest BCUT2D eigenvalue weighted by atomic mass is 9.91. The van der Waals surface area contributed by atoms with Crippen molar-refractivity contribution in [2.75, 3.05) is 19.6 Å². The van der Waals surface area contributed by atoms with Gasteiger partial charge in [0.15, 0.2) is 22.6 Å². The first-order chi connectivity index (χ1) is 25.4. The molecule has 0 bridgehead atoms. The van der Waals surface area contributed by atoms with Gasteiger partial charge in [-0.15, -0.1) is 10.2 Å². The molecule has 53 heavy (non-hydrogen) atoms. The number of nitrogens with one attached hydrogen (secondary N) is 4. The van der Waals surface area contributed by atoms with Crippen LogP contribution in [0.3, 0.4) is 0 Å². The summed E-state index contributed by atoms with van der Waals surface area (Å²) in [7, 11) is -3.17. The molecule has 1 saturated heterocycles. The minimum absolute atomic E-state index is 0.0119. The molecule has 3 fully saturated rings. The molecule has 2 amide bonds. The lowest BCUT2D eigenvalue weighted by Crippen LogP contribution is -2.42. The number of fused-ring (bicyclic) bond motifs is 6. The van der Waals surface area contributed by atoms with Gasteiger partial charge in [-0.1, -0.05) is 26.7 Å². The van der Waals surface area contributed by atoms with E-state index in [9.17, 15) is 26.4 Å². The number of amides is 2. The minimum Gasteiger partial charge on any atom is -0.345 e. The summed E-state index contributed by atoms with van der Waals surface area (Å²) in [4.78, 5) is 32.9. The zero-order chi connectivity index (χ0) is 37.1. The molecular formula is C34H41F3N12O3S. The van der Waals surface area contributed by atoms with Crippen LogP contribution in [0.4, 0.5) is 18.0 Å². The molecule has 3 aliphatic rings. The summed E-state index contributed by atoms with van der Waals surface area (Å²) in [6.45, 7) is 3.62. The fourth-order valence-corrected chi connectivity index (χ4v) is 9.77. The maximum atomic E-state index is 12.4. The number of carbonyl (C=O) groups is 1. The first-order valence-corrected chi connectivity index (χ1v) is 19.6. The Morgan fingerprint density at radius 2 is 1.55 bits per heavy atom. The number of imidazole rings is 1. The van der Waals surface area contributed by atoms with Crippen LogP contribution in [0.15, 0.2) is 43.1 Å². The van der Waals surface area contributed by atoms with E-state index >= 15 is 0 Å². The largest absolute Gasteiger partial charge is 0.405 e. The fourth-order valence-electron chi connectivity index (χ4n) is 8.16. The topological polar surface area (TPSA) is 183 Å². The number of halogens is 3. The van der Waals surface area contributed by atoms with E-state index in [2.05, 4.69) is 51.2 Å². The van der Waals surface area contributed by atoms with Crippen molar-refractivity contribution in [2.24, 2.45) is 11.8 Å². The van der Waals surface area contributed by atoms with Gasteiger partial charge >= 0.3 is 12.2 Å². The van der Waals surface area contributed by atoms with Crippen LogP contribution in [0.1, 0.15) is 75.7 Å². The highest BCUT2D eigenvalue weighted by Crippen LogP contribution is 2.42. The number of carbonyl (C=O) groups excluding carboxylic acids is 1. The Morgan fingerprint density at radius 3 is 2.21 bits per heavy atom. The van der Waals surface area contributed by atoms with Crippen LogP contribution in [-0.2, 0) is 10.0 Å². The van der Waals surface area contributed by atoms with E-state index in [1.807, 2.05) is 35.0 Å². The van der Waals surface area contributed by atoms with E-state index in [4.69, 9.17) is 0 Å². The molecule has 0 aromatic carbocycles. The van der Waals surface area contributed by atoms with Crippen LogP contribution in [0.2, 0.25) is 0 Å². The molecule has 4 N–H and O–H groups in total. The van der Waals surface area contributed by atoms with Crippen molar-refractivity contribution in [1.82, 2.24) is 58.9 Å². The monoisotopic (exact) mass is 754 g/mol. The molecule has 1 aliphatic heterocycles. The highest BCUT2D eigenvalue weighted by atomic mass is 32.2. The Morgan fingerprint density at radius 1 is 0.868 bits per heavy atom. The van der Waals surface area contributed by atoms with Crippen LogP contribution < -0.4 is 10.0 Å². The van der Waals surface area contributed by atoms with Gasteiger partial charge in [0.05, 0.1) is 28.7 Å². The van der Waals surface area contributed by atoms with E-state index in [1.165, 1.54) is 4.90 Å². The predicted octanol–water partition coefficient (Wildman–Crippen LogP) is 4.87. The standard InChI is InChI=1S/C17H19F3N6O.C17H22N6O2S/c1-2-10-7-25(16(27)24-9-17(18,19)20)8-11(10)13-5-22-14-6-23-15-12(26(13)14)3-4-21-15;1-2-10-7-11(22-26(24,25)12-3-4-12)8-13(10)17-21-20-15-9-19-16-14(23(15)17)5-6-18-16/h3-6,10-11,21H,2,7-9H2,1H3,(H,24,27);5-6,9-13,18,22H,2-4,7-8H2,1H3/t10-,11?;10-,11+,13?/m11/s1. The van der Waals surface area contributed by atoms with Crippen LogP contribution in [-0.4, -0.2) is 100 Å². The van der Waals surface area contributed by atoms with Gasteiger partial charge in [-0.25, -0.2) is 32.9 Å². The van der Waals surface area contributed by atoms with Gasteiger partial charge in [-0.2, -0.15) is 13.2 Å². The van der Waals surface area contributed by atoms with Gasteiger partial charge in [-0.3, -0.25) is 8.80 Å². The van der Waals surface area contributed by atoms with Gasteiger partial charge in [0.2, 0.25) is 10.0 Å². The molecule has 5 atom stereocenters. The molecule has 19 heteroatoms. The number of urea groups is 1. The Balaban J connectivity index is 0.000000151. The molecule has 6 aromatic rings. The normalized spacial score (nSPS) is 23.7. The third kappa shape index (κ3) is 6.79. The van der Waals surface area contributed by atoms with E-state index < -0.39 is 28.8 Å². The Bertz CT molecular complexity index is 2380. The summed E-state index contributed by atoms with van der Waals surface area (Å²) in [6, 6.07) is 3.18. The van der Waals surface area contributed by atoms with Gasteiger partial charge in [0, 0.05) is 55.3 Å². The highest BCUT2D eigenvalue weighted by molar-refractivity contribution is 7.90. The number of alkyl halides is 3. The van der Waals surface area contributed by atoms with Crippen molar-refractivity contribution >= 4 is 49.7 Å². The first-order valence-electron chi connectivity index (χ1n) is 18.0. The minimum atomic E-state index is -4.42. The Kier molecular flexibility index (Phi) is 9.03. The van der Waals surface area contributed by atoms with Crippen molar-refractivity contribution in [3.05, 3.63) is 54.6 Å². The molecule has 15 nitrogen and oxygen atoms in total. The lowest BCUT2D eigenvalue weighted by molar-refractivity contribution is -0.123. The van der Waals surface area contributed by atoms with Gasteiger partial charge < -0.3 is 20.2 Å². The number of aromatic amines is 2.